The zero-order chi connectivity index (χ0) is 11.4. The lowest BCUT2D eigenvalue weighted by atomic mass is 10.1. The summed E-state index contributed by atoms with van der Waals surface area (Å²) < 4.78 is 25.3. The number of pyridine rings is 1. The molecule has 6 heteroatoms. The Morgan fingerprint density at radius 2 is 2.27 bits per heavy atom. The molecule has 0 saturated carbocycles. The normalized spacial score (nSPS) is 10.4. The van der Waals surface area contributed by atoms with Crippen LogP contribution >= 0.6 is 34.2 Å². The van der Waals surface area contributed by atoms with Crippen molar-refractivity contribution in [3.63, 3.8) is 0 Å². The third-order valence-electron chi connectivity index (χ3n) is 1.77. The molecule has 0 fully saturated rings. The average Bonchev–Trinajstić information content (AvgIpc) is 2.18. The van der Waals surface area contributed by atoms with E-state index in [-0.39, 0.29) is 18.0 Å². The quantitative estimate of drug-likeness (QED) is 0.623. The standard InChI is InChI=1S/C9H6ClF2IN2/c10-4-7-5(1-2-14)3-6(13)8(15-7)9(11)12/h3,9H,1,4H2. The molecule has 2 nitrogen and oxygen atoms in total. The molecule has 1 heterocycles. The molecule has 80 valence electrons. The summed E-state index contributed by atoms with van der Waals surface area (Å²) in [6.07, 6.45) is -2.48. The molecule has 15 heavy (non-hydrogen) atoms. The van der Waals surface area contributed by atoms with E-state index >= 15 is 0 Å². The molecular weight excluding hydrogens is 336 g/mol. The van der Waals surface area contributed by atoms with E-state index in [1.54, 1.807) is 22.6 Å². The van der Waals surface area contributed by atoms with Gasteiger partial charge in [0, 0.05) is 3.57 Å². The Morgan fingerprint density at radius 1 is 1.60 bits per heavy atom. The maximum atomic E-state index is 12.5. The van der Waals surface area contributed by atoms with Gasteiger partial charge >= 0.3 is 0 Å². The molecule has 0 aromatic carbocycles. The lowest BCUT2D eigenvalue weighted by Gasteiger charge is -2.08. The van der Waals surface area contributed by atoms with E-state index in [0.717, 1.165) is 0 Å². The van der Waals surface area contributed by atoms with E-state index in [4.69, 9.17) is 16.9 Å². The number of nitrogens with zero attached hydrogens (tertiary/aromatic N) is 2. The Bertz CT molecular complexity index is 404. The fourth-order valence-electron chi connectivity index (χ4n) is 1.09. The first-order valence-corrected chi connectivity index (χ1v) is 5.60. The summed E-state index contributed by atoms with van der Waals surface area (Å²) in [5, 5.41) is 8.54. The van der Waals surface area contributed by atoms with Gasteiger partial charge in [-0.05, 0) is 34.2 Å². The minimum absolute atomic E-state index is 0.0354. The van der Waals surface area contributed by atoms with Gasteiger partial charge in [-0.3, -0.25) is 0 Å². The van der Waals surface area contributed by atoms with Crippen molar-refractivity contribution in [1.29, 1.82) is 5.26 Å². The summed E-state index contributed by atoms with van der Waals surface area (Å²) in [7, 11) is 0. The van der Waals surface area contributed by atoms with Crippen LogP contribution in [0, 0.1) is 14.9 Å². The monoisotopic (exact) mass is 342 g/mol. The number of halogens is 4. The van der Waals surface area contributed by atoms with E-state index in [1.165, 1.54) is 6.07 Å². The third-order valence-corrected chi connectivity index (χ3v) is 2.89. The van der Waals surface area contributed by atoms with Crippen LogP contribution in [0.4, 0.5) is 8.78 Å². The van der Waals surface area contributed by atoms with E-state index in [1.807, 2.05) is 6.07 Å². The number of aromatic nitrogens is 1. The SMILES string of the molecule is N#CCc1cc(I)c(C(F)F)nc1CCl. The van der Waals surface area contributed by atoms with Crippen molar-refractivity contribution >= 4 is 34.2 Å². The molecule has 0 bridgehead atoms. The molecule has 1 aromatic heterocycles. The molecule has 0 N–H and O–H groups in total. The minimum atomic E-state index is -2.62. The highest BCUT2D eigenvalue weighted by Crippen LogP contribution is 2.25. The fourth-order valence-corrected chi connectivity index (χ4v) is 2.05. The van der Waals surface area contributed by atoms with Gasteiger partial charge in [-0.1, -0.05) is 0 Å². The maximum Gasteiger partial charge on any atom is 0.281 e. The van der Waals surface area contributed by atoms with Gasteiger partial charge < -0.3 is 0 Å². The summed E-state index contributed by atoms with van der Waals surface area (Å²) in [6, 6.07) is 3.48. The maximum absolute atomic E-state index is 12.5. The second-order valence-corrected chi connectivity index (χ2v) is 4.16. The molecule has 0 saturated heterocycles. The Kier molecular flexibility index (Phi) is 4.67. The largest absolute Gasteiger partial charge is 0.281 e. The number of hydrogen-bond acceptors (Lipinski definition) is 2. The molecule has 1 aromatic rings. The van der Waals surface area contributed by atoms with Crippen LogP contribution in [0.1, 0.15) is 23.4 Å². The summed E-state index contributed by atoms with van der Waals surface area (Å²) in [5.41, 5.74) is 0.697. The van der Waals surface area contributed by atoms with Gasteiger partial charge in [0.05, 0.1) is 24.1 Å². The predicted molar refractivity (Wildman–Crippen MR) is 60.8 cm³/mol. The van der Waals surface area contributed by atoms with Gasteiger partial charge in [0.1, 0.15) is 5.69 Å². The third kappa shape index (κ3) is 2.98. The highest BCUT2D eigenvalue weighted by molar-refractivity contribution is 14.1. The van der Waals surface area contributed by atoms with Gasteiger partial charge in [0.15, 0.2) is 0 Å². The molecule has 0 aliphatic rings. The highest BCUT2D eigenvalue weighted by Gasteiger charge is 2.16. The van der Waals surface area contributed by atoms with Gasteiger partial charge in [0.25, 0.3) is 6.43 Å². The van der Waals surface area contributed by atoms with Crippen molar-refractivity contribution in [3.05, 3.63) is 26.6 Å². The first kappa shape index (κ1) is 12.6. The van der Waals surface area contributed by atoms with Crippen LogP contribution in [-0.4, -0.2) is 4.98 Å². The molecule has 0 spiro atoms. The zero-order valence-corrected chi connectivity index (χ0v) is 10.4. The van der Waals surface area contributed by atoms with Crippen LogP contribution < -0.4 is 0 Å². The summed E-state index contributed by atoms with van der Waals surface area (Å²) in [6.45, 7) is 0. The fraction of sp³-hybridized carbons (Fsp3) is 0.333. The molecule has 0 unspecified atom stereocenters. The van der Waals surface area contributed by atoms with Crippen molar-refractivity contribution in [2.75, 3.05) is 0 Å². The van der Waals surface area contributed by atoms with Crippen molar-refractivity contribution in [2.45, 2.75) is 18.7 Å². The molecule has 0 radical (unpaired) electrons. The Balaban J connectivity index is 3.24. The highest BCUT2D eigenvalue weighted by atomic mass is 127. The van der Waals surface area contributed by atoms with Crippen LogP contribution in [0.25, 0.3) is 0 Å². The van der Waals surface area contributed by atoms with Crippen LogP contribution in [0.5, 0.6) is 0 Å². The lowest BCUT2D eigenvalue weighted by Crippen LogP contribution is -2.03. The van der Waals surface area contributed by atoms with Gasteiger partial charge in [0.2, 0.25) is 0 Å². The number of hydrogen-bond donors (Lipinski definition) is 0. The molecule has 1 rings (SSSR count). The van der Waals surface area contributed by atoms with E-state index in [9.17, 15) is 8.78 Å². The molecule has 0 aliphatic carbocycles. The van der Waals surface area contributed by atoms with Crippen LogP contribution in [0.3, 0.4) is 0 Å². The van der Waals surface area contributed by atoms with Crippen LogP contribution in [0.2, 0.25) is 0 Å². The zero-order valence-electron chi connectivity index (χ0n) is 7.48. The molecule has 0 amide bonds. The van der Waals surface area contributed by atoms with Crippen molar-refractivity contribution in [2.24, 2.45) is 0 Å². The number of rotatable bonds is 3. The first-order chi connectivity index (χ1) is 7.10. The number of alkyl halides is 3. The predicted octanol–water partition coefficient (Wildman–Crippen LogP) is 3.43. The number of nitriles is 1. The smallest absolute Gasteiger partial charge is 0.249 e. The van der Waals surface area contributed by atoms with Gasteiger partial charge in [-0.2, -0.15) is 5.26 Å². The Morgan fingerprint density at radius 3 is 2.73 bits per heavy atom. The minimum Gasteiger partial charge on any atom is -0.249 e. The summed E-state index contributed by atoms with van der Waals surface area (Å²) in [5.74, 6) is 0.0354. The van der Waals surface area contributed by atoms with Crippen molar-refractivity contribution in [1.82, 2.24) is 4.98 Å². The van der Waals surface area contributed by atoms with Gasteiger partial charge in [-0.25, -0.2) is 13.8 Å². The second kappa shape index (κ2) is 5.56. The molecule has 0 atom stereocenters. The average molecular weight is 343 g/mol. The van der Waals surface area contributed by atoms with Crippen LogP contribution in [-0.2, 0) is 12.3 Å². The lowest BCUT2D eigenvalue weighted by molar-refractivity contribution is 0.144. The van der Waals surface area contributed by atoms with E-state index < -0.39 is 6.43 Å². The topological polar surface area (TPSA) is 36.7 Å². The van der Waals surface area contributed by atoms with Crippen molar-refractivity contribution < 1.29 is 8.78 Å². The second-order valence-electron chi connectivity index (χ2n) is 2.73. The Labute approximate surface area is 104 Å². The van der Waals surface area contributed by atoms with E-state index in [0.29, 0.717) is 14.8 Å². The van der Waals surface area contributed by atoms with E-state index in [2.05, 4.69) is 4.98 Å². The molecular formula is C9H6ClF2IN2. The van der Waals surface area contributed by atoms with Gasteiger partial charge in [-0.15, -0.1) is 11.6 Å². The molecule has 0 aliphatic heterocycles. The van der Waals surface area contributed by atoms with Crippen molar-refractivity contribution in [3.8, 4) is 6.07 Å². The first-order valence-electron chi connectivity index (χ1n) is 3.99. The summed E-state index contributed by atoms with van der Waals surface area (Å²) in [4.78, 5) is 3.77. The Hall–Kier alpha value is -0.480. The summed E-state index contributed by atoms with van der Waals surface area (Å²) >= 11 is 7.36. The van der Waals surface area contributed by atoms with Crippen LogP contribution in [0.15, 0.2) is 6.07 Å².